The maximum Gasteiger partial charge on any atom is 0.419 e. The number of rotatable bonds is 11. The zero-order valence-electron chi connectivity index (χ0n) is 20.0. The number of hydrogen-bond acceptors (Lipinski definition) is 7. The normalized spacial score (nSPS) is 16.5. The second-order valence-corrected chi connectivity index (χ2v) is 8.39. The molecule has 1 aromatic rings. The number of benzene rings is 1. The second kappa shape index (κ2) is 13.5. The number of hydrogen-bond donors (Lipinski definition) is 4. The van der Waals surface area contributed by atoms with E-state index in [1.165, 1.54) is 25.2 Å². The van der Waals surface area contributed by atoms with E-state index in [4.69, 9.17) is 11.6 Å². The summed E-state index contributed by atoms with van der Waals surface area (Å²) in [6.07, 6.45) is -3.65. The van der Waals surface area contributed by atoms with E-state index in [2.05, 4.69) is 38.0 Å². The molecule has 2 unspecified atom stereocenters. The van der Waals surface area contributed by atoms with Gasteiger partial charge in [-0.3, -0.25) is 34.0 Å². The molecule has 0 aliphatic carbocycles. The van der Waals surface area contributed by atoms with Gasteiger partial charge in [0.1, 0.15) is 6.54 Å². The zero-order valence-corrected chi connectivity index (χ0v) is 20.8. The summed E-state index contributed by atoms with van der Waals surface area (Å²) in [5.41, 5.74) is -1.52. The van der Waals surface area contributed by atoms with Crippen molar-refractivity contribution in [2.24, 2.45) is 15.9 Å². The summed E-state index contributed by atoms with van der Waals surface area (Å²) in [6, 6.07) is 2.42. The van der Waals surface area contributed by atoms with Crippen LogP contribution in [0.2, 0.25) is 5.02 Å². The Balaban J connectivity index is 2.21. The van der Waals surface area contributed by atoms with E-state index in [0.29, 0.717) is 25.4 Å². The first-order chi connectivity index (χ1) is 17.9. The molecule has 0 bridgehead atoms. The lowest BCUT2D eigenvalue weighted by Gasteiger charge is -2.20. The van der Waals surface area contributed by atoms with Crippen molar-refractivity contribution in [1.29, 1.82) is 0 Å². The van der Waals surface area contributed by atoms with Crippen LogP contribution in [0.3, 0.4) is 0 Å². The minimum Gasteiger partial charge on any atom is -0.356 e. The average molecular weight is 557 g/mol. The molecule has 1 heterocycles. The van der Waals surface area contributed by atoms with Gasteiger partial charge in [-0.15, -0.1) is 0 Å². The lowest BCUT2D eigenvalue weighted by Crippen LogP contribution is -2.48. The lowest BCUT2D eigenvalue weighted by atomic mass is 9.95. The number of amides is 4. The first-order valence-corrected chi connectivity index (χ1v) is 11.4. The van der Waals surface area contributed by atoms with Crippen LogP contribution in [-0.2, 0) is 19.2 Å². The van der Waals surface area contributed by atoms with Crippen LogP contribution < -0.4 is 21.3 Å². The number of ketones is 1. The Morgan fingerprint density at radius 2 is 2.00 bits per heavy atom. The van der Waals surface area contributed by atoms with E-state index in [9.17, 15) is 37.1 Å². The summed E-state index contributed by atoms with van der Waals surface area (Å²) in [5, 5.41) is 9.62. The number of alkyl halides is 3. The number of allylic oxidation sites excluding steroid dienone is 1. The molecule has 0 radical (unpaired) electrons. The highest BCUT2D eigenvalue weighted by molar-refractivity contribution is 6.38. The molecule has 0 spiro atoms. The molecule has 11 nitrogen and oxygen atoms in total. The number of carbonyl (C=O) groups is 5. The smallest absolute Gasteiger partial charge is 0.356 e. The van der Waals surface area contributed by atoms with Crippen LogP contribution in [0.25, 0.3) is 0 Å². The minimum absolute atomic E-state index is 0.0869. The maximum absolute atomic E-state index is 13.1. The predicted octanol–water partition coefficient (Wildman–Crippen LogP) is 1.44. The van der Waals surface area contributed by atoms with Gasteiger partial charge in [0.2, 0.25) is 17.6 Å². The van der Waals surface area contributed by atoms with E-state index in [1.807, 2.05) is 0 Å². The summed E-state index contributed by atoms with van der Waals surface area (Å²) in [6.45, 7) is 2.60. The fourth-order valence-electron chi connectivity index (χ4n) is 3.41. The molecule has 204 valence electrons. The van der Waals surface area contributed by atoms with Crippen LogP contribution in [0.15, 0.2) is 40.0 Å². The maximum atomic E-state index is 13.1. The van der Waals surface area contributed by atoms with E-state index in [-0.39, 0.29) is 28.6 Å². The van der Waals surface area contributed by atoms with Crippen molar-refractivity contribution in [3.8, 4) is 0 Å². The standard InChI is InChI=1S/C23H24ClF3N6O5/c1-28-9-13(23(25,26)27)10-30-11-18(34)32-16-4-3-14(24)8-15(16)21(37)33-17(19(35)22(38)29-2)7-12-5-6-31-20(12)36/h3-4,8-10,12,17H,1,5-7,11H2,2H3,(H,29,38)(H,31,36)(H,32,34)(H,33,37)/b13-9+,30-10?. The first-order valence-electron chi connectivity index (χ1n) is 11.0. The first kappa shape index (κ1) is 30.2. The Hall–Kier alpha value is -4.07. The van der Waals surface area contributed by atoms with E-state index in [1.54, 1.807) is 0 Å². The molecular weight excluding hydrogens is 533 g/mol. The molecule has 4 amide bonds. The largest absolute Gasteiger partial charge is 0.419 e. The van der Waals surface area contributed by atoms with Gasteiger partial charge in [-0.1, -0.05) is 11.6 Å². The van der Waals surface area contributed by atoms with Crippen LogP contribution >= 0.6 is 11.6 Å². The van der Waals surface area contributed by atoms with E-state index in [0.717, 1.165) is 0 Å². The fourth-order valence-corrected chi connectivity index (χ4v) is 3.58. The Morgan fingerprint density at radius 1 is 1.29 bits per heavy atom. The van der Waals surface area contributed by atoms with Gasteiger partial charge in [0.25, 0.3) is 11.8 Å². The number of anilines is 1. The molecule has 2 rings (SSSR count). The van der Waals surface area contributed by atoms with Crippen molar-refractivity contribution in [2.75, 3.05) is 25.5 Å². The molecule has 1 saturated heterocycles. The van der Waals surface area contributed by atoms with Gasteiger partial charge in [0.05, 0.1) is 22.9 Å². The van der Waals surface area contributed by atoms with Gasteiger partial charge < -0.3 is 21.3 Å². The summed E-state index contributed by atoms with van der Waals surface area (Å²) in [7, 11) is 1.23. The molecule has 1 aromatic carbocycles. The highest BCUT2D eigenvalue weighted by atomic mass is 35.5. The minimum atomic E-state index is -4.76. The lowest BCUT2D eigenvalue weighted by molar-refractivity contribution is -0.139. The molecule has 0 aromatic heterocycles. The van der Waals surface area contributed by atoms with Crippen LogP contribution in [0, 0.1) is 5.92 Å². The Morgan fingerprint density at radius 3 is 2.58 bits per heavy atom. The van der Waals surface area contributed by atoms with Crippen LogP contribution in [0.5, 0.6) is 0 Å². The van der Waals surface area contributed by atoms with Crippen molar-refractivity contribution in [2.45, 2.75) is 25.1 Å². The monoisotopic (exact) mass is 556 g/mol. The van der Waals surface area contributed by atoms with Crippen LogP contribution in [0.1, 0.15) is 23.2 Å². The molecule has 1 aliphatic rings. The van der Waals surface area contributed by atoms with Crippen molar-refractivity contribution in [1.82, 2.24) is 16.0 Å². The number of nitrogens with zero attached hydrogens (tertiary/aromatic N) is 2. The third kappa shape index (κ3) is 8.50. The SMILES string of the molecule is C=N/C=C(\C=NCC(=O)Nc1ccc(Cl)cc1C(=O)NC(CC1CCNC1=O)C(=O)C(=O)NC)C(F)(F)F. The second-order valence-electron chi connectivity index (χ2n) is 7.95. The van der Waals surface area contributed by atoms with E-state index >= 15 is 0 Å². The Bertz CT molecular complexity index is 1180. The van der Waals surface area contributed by atoms with Crippen molar-refractivity contribution in [3.05, 3.63) is 40.6 Å². The van der Waals surface area contributed by atoms with Crippen molar-refractivity contribution >= 4 is 59.6 Å². The fraction of sp³-hybridized carbons (Fsp3) is 0.348. The summed E-state index contributed by atoms with van der Waals surface area (Å²) < 4.78 is 38.6. The van der Waals surface area contributed by atoms with Crippen LogP contribution in [-0.4, -0.2) is 74.7 Å². The molecule has 4 N–H and O–H groups in total. The van der Waals surface area contributed by atoms with Gasteiger partial charge in [0, 0.05) is 36.9 Å². The van der Waals surface area contributed by atoms with E-state index < -0.39 is 53.8 Å². The third-order valence-corrected chi connectivity index (χ3v) is 5.51. The van der Waals surface area contributed by atoms with Gasteiger partial charge in [-0.25, -0.2) is 0 Å². The molecule has 2 atom stereocenters. The van der Waals surface area contributed by atoms with Gasteiger partial charge in [0.15, 0.2) is 0 Å². The number of carbonyl (C=O) groups excluding carboxylic acids is 5. The molecule has 0 saturated carbocycles. The van der Waals surface area contributed by atoms with Gasteiger partial charge in [-0.2, -0.15) is 13.2 Å². The summed E-state index contributed by atoms with van der Waals surface area (Å²) >= 11 is 5.99. The zero-order chi connectivity index (χ0) is 28.5. The van der Waals surface area contributed by atoms with Gasteiger partial charge in [-0.05, 0) is 37.8 Å². The summed E-state index contributed by atoms with van der Waals surface area (Å²) in [4.78, 5) is 68.4. The third-order valence-electron chi connectivity index (χ3n) is 5.28. The Kier molecular flexibility index (Phi) is 10.7. The molecule has 38 heavy (non-hydrogen) atoms. The number of aliphatic imine (C=N–C) groups is 2. The van der Waals surface area contributed by atoms with Crippen LogP contribution in [0.4, 0.5) is 18.9 Å². The molecule has 15 heteroatoms. The highest BCUT2D eigenvalue weighted by Gasteiger charge is 2.34. The molecule has 1 fully saturated rings. The Labute approximate surface area is 220 Å². The highest BCUT2D eigenvalue weighted by Crippen LogP contribution is 2.24. The number of halogens is 4. The number of likely N-dealkylation sites (N-methyl/N-ethyl adjacent to an activating group) is 1. The number of nitrogens with one attached hydrogen (secondary N) is 4. The predicted molar refractivity (Wildman–Crippen MR) is 133 cm³/mol. The van der Waals surface area contributed by atoms with Gasteiger partial charge >= 0.3 is 6.18 Å². The van der Waals surface area contributed by atoms with Crippen molar-refractivity contribution in [3.63, 3.8) is 0 Å². The molecular formula is C23H24ClF3N6O5. The summed E-state index contributed by atoms with van der Waals surface area (Å²) in [5.74, 6) is -4.66. The topological polar surface area (TPSA) is 158 Å². The quantitative estimate of drug-likeness (QED) is 0.239. The molecule has 1 aliphatic heterocycles. The van der Waals surface area contributed by atoms with Crippen molar-refractivity contribution < 1.29 is 37.1 Å². The average Bonchev–Trinajstić information content (AvgIpc) is 3.26. The number of Topliss-reactive ketones (excluding diaryl/α,β-unsaturated/α-hetero) is 1.